The molecule has 1 heterocycles. The molecule has 0 bridgehead atoms. The summed E-state index contributed by atoms with van der Waals surface area (Å²) in [7, 11) is 0. The average molecular weight is 453 g/mol. The van der Waals surface area contributed by atoms with E-state index in [0.717, 1.165) is 11.1 Å². The number of hydrogen-bond acceptors (Lipinski definition) is 3. The molecule has 0 spiro atoms. The second kappa shape index (κ2) is 9.40. The Kier molecular flexibility index (Phi) is 6.42. The molecule has 2 amide bonds. The van der Waals surface area contributed by atoms with Crippen molar-refractivity contribution in [2.75, 3.05) is 5.32 Å². The van der Waals surface area contributed by atoms with Crippen molar-refractivity contribution >= 4 is 29.1 Å². The number of ether oxygens (including phenoxy) is 1. The van der Waals surface area contributed by atoms with Crippen LogP contribution in [0.15, 0.2) is 66.7 Å². The molecule has 0 saturated heterocycles. The molecule has 7 heteroatoms. The summed E-state index contributed by atoms with van der Waals surface area (Å²) in [6.45, 7) is 2.67. The normalized spacial score (nSPS) is 15.5. The van der Waals surface area contributed by atoms with Gasteiger partial charge in [0.25, 0.3) is 11.8 Å². The molecule has 0 radical (unpaired) electrons. The van der Waals surface area contributed by atoms with Gasteiger partial charge in [0.15, 0.2) is 6.10 Å². The molecule has 1 N–H and O–H groups in total. The van der Waals surface area contributed by atoms with Crippen LogP contribution in [0.1, 0.15) is 34.8 Å². The lowest BCUT2D eigenvalue weighted by Gasteiger charge is -2.23. The Labute approximate surface area is 190 Å². The van der Waals surface area contributed by atoms with E-state index in [4.69, 9.17) is 16.3 Å². The maximum Gasteiger partial charge on any atom is 0.264 e. The molecule has 1 atom stereocenters. The highest BCUT2D eigenvalue weighted by atomic mass is 35.5. The molecule has 1 aliphatic heterocycles. The Morgan fingerprint density at radius 2 is 1.84 bits per heavy atom. The standard InChI is InChI=1S/C25H22ClFN2O3/c1-2-22-25(31)29(14-16-3-7-19(26)8-4-16)15-18-13-21(11-12-23(18)32-22)28-24(30)17-5-9-20(27)10-6-17/h3-13,22H,2,14-15H2,1H3,(H,28,30)/t22-/m0/s1. The molecule has 32 heavy (non-hydrogen) atoms. The van der Waals surface area contributed by atoms with Gasteiger partial charge in [0.2, 0.25) is 0 Å². The first-order valence-electron chi connectivity index (χ1n) is 10.3. The zero-order valence-electron chi connectivity index (χ0n) is 17.5. The van der Waals surface area contributed by atoms with Gasteiger partial charge in [0.05, 0.1) is 0 Å². The lowest BCUT2D eigenvalue weighted by Crippen LogP contribution is -2.38. The molecule has 0 unspecified atom stereocenters. The Balaban J connectivity index is 1.57. The second-order valence-electron chi connectivity index (χ2n) is 7.62. The number of benzene rings is 3. The summed E-state index contributed by atoms with van der Waals surface area (Å²) in [6, 6.07) is 18.0. The summed E-state index contributed by atoms with van der Waals surface area (Å²) < 4.78 is 19.1. The van der Waals surface area contributed by atoms with Crippen molar-refractivity contribution in [2.45, 2.75) is 32.5 Å². The van der Waals surface area contributed by atoms with Crippen molar-refractivity contribution in [1.29, 1.82) is 0 Å². The number of fused-ring (bicyclic) bond motifs is 1. The summed E-state index contributed by atoms with van der Waals surface area (Å²) in [6.07, 6.45) is -0.0402. The lowest BCUT2D eigenvalue weighted by atomic mass is 10.1. The Bertz CT molecular complexity index is 1130. The molecule has 0 fully saturated rings. The van der Waals surface area contributed by atoms with E-state index in [0.29, 0.717) is 41.5 Å². The van der Waals surface area contributed by atoms with E-state index >= 15 is 0 Å². The topological polar surface area (TPSA) is 58.6 Å². The fourth-order valence-corrected chi connectivity index (χ4v) is 3.72. The number of halogens is 2. The van der Waals surface area contributed by atoms with Gasteiger partial charge in [-0.2, -0.15) is 0 Å². The maximum atomic E-state index is 13.1. The maximum absolute atomic E-state index is 13.1. The Morgan fingerprint density at radius 1 is 1.12 bits per heavy atom. The zero-order chi connectivity index (χ0) is 22.7. The summed E-state index contributed by atoms with van der Waals surface area (Å²) in [5, 5.41) is 3.46. The zero-order valence-corrected chi connectivity index (χ0v) is 18.2. The Hall–Kier alpha value is -3.38. The lowest BCUT2D eigenvalue weighted by molar-refractivity contribution is -0.139. The van der Waals surface area contributed by atoms with Gasteiger partial charge in [0, 0.05) is 34.9 Å². The van der Waals surface area contributed by atoms with Crippen molar-refractivity contribution in [1.82, 2.24) is 4.90 Å². The van der Waals surface area contributed by atoms with Crippen LogP contribution in [0.25, 0.3) is 0 Å². The number of amides is 2. The number of nitrogens with one attached hydrogen (secondary N) is 1. The summed E-state index contributed by atoms with van der Waals surface area (Å²) >= 11 is 5.98. The van der Waals surface area contributed by atoms with Crippen LogP contribution in [0.2, 0.25) is 5.02 Å². The minimum absolute atomic E-state index is 0.0875. The van der Waals surface area contributed by atoms with E-state index in [2.05, 4.69) is 5.32 Å². The predicted octanol–water partition coefficient (Wildman–Crippen LogP) is 5.43. The van der Waals surface area contributed by atoms with Crippen molar-refractivity contribution in [3.63, 3.8) is 0 Å². The van der Waals surface area contributed by atoms with Crippen molar-refractivity contribution in [2.24, 2.45) is 0 Å². The molecular formula is C25H22ClFN2O3. The number of carbonyl (C=O) groups excluding carboxylic acids is 2. The molecule has 3 aromatic carbocycles. The molecule has 164 valence electrons. The van der Waals surface area contributed by atoms with Crippen LogP contribution in [-0.4, -0.2) is 22.8 Å². The van der Waals surface area contributed by atoms with E-state index in [1.54, 1.807) is 35.2 Å². The van der Waals surface area contributed by atoms with Gasteiger partial charge in [-0.15, -0.1) is 0 Å². The first kappa shape index (κ1) is 21.8. The summed E-state index contributed by atoms with van der Waals surface area (Å²) in [4.78, 5) is 27.3. The van der Waals surface area contributed by atoms with Crippen LogP contribution < -0.4 is 10.1 Å². The minimum Gasteiger partial charge on any atom is -0.480 e. The fraction of sp³-hybridized carbons (Fsp3) is 0.200. The third-order valence-corrected chi connectivity index (χ3v) is 5.55. The third-order valence-electron chi connectivity index (χ3n) is 5.30. The van der Waals surface area contributed by atoms with E-state index < -0.39 is 11.9 Å². The summed E-state index contributed by atoms with van der Waals surface area (Å²) in [5.41, 5.74) is 2.67. The number of hydrogen-bond donors (Lipinski definition) is 1. The highest BCUT2D eigenvalue weighted by Gasteiger charge is 2.30. The summed E-state index contributed by atoms with van der Waals surface area (Å²) in [5.74, 6) is -0.223. The number of anilines is 1. The quantitative estimate of drug-likeness (QED) is 0.561. The van der Waals surface area contributed by atoms with Crippen LogP contribution in [0, 0.1) is 5.82 Å². The highest BCUT2D eigenvalue weighted by molar-refractivity contribution is 6.30. The Morgan fingerprint density at radius 3 is 2.53 bits per heavy atom. The van der Waals surface area contributed by atoms with E-state index in [9.17, 15) is 14.0 Å². The van der Waals surface area contributed by atoms with Crippen LogP contribution in [0.4, 0.5) is 10.1 Å². The van der Waals surface area contributed by atoms with Crippen molar-refractivity contribution < 1.29 is 18.7 Å². The smallest absolute Gasteiger partial charge is 0.264 e. The molecule has 3 aromatic rings. The van der Waals surface area contributed by atoms with Gasteiger partial charge in [-0.25, -0.2) is 4.39 Å². The number of rotatable bonds is 5. The molecule has 5 nitrogen and oxygen atoms in total. The predicted molar refractivity (Wildman–Crippen MR) is 121 cm³/mol. The second-order valence-corrected chi connectivity index (χ2v) is 8.06. The van der Waals surface area contributed by atoms with E-state index in [1.807, 2.05) is 19.1 Å². The third kappa shape index (κ3) is 4.92. The van der Waals surface area contributed by atoms with Gasteiger partial charge in [0.1, 0.15) is 11.6 Å². The number of carbonyl (C=O) groups is 2. The highest BCUT2D eigenvalue weighted by Crippen LogP contribution is 2.30. The molecule has 0 aromatic heterocycles. The van der Waals surface area contributed by atoms with E-state index in [-0.39, 0.29) is 11.8 Å². The molecule has 0 saturated carbocycles. The van der Waals surface area contributed by atoms with Gasteiger partial charge in [-0.05, 0) is 66.6 Å². The fourth-order valence-electron chi connectivity index (χ4n) is 3.59. The molecule has 4 rings (SSSR count). The SMILES string of the molecule is CC[C@@H]1Oc2ccc(NC(=O)c3ccc(F)cc3)cc2CN(Cc2ccc(Cl)cc2)C1=O. The molecule has 0 aliphatic carbocycles. The van der Waals surface area contributed by atoms with Crippen molar-refractivity contribution in [3.05, 3.63) is 94.3 Å². The van der Waals surface area contributed by atoms with E-state index in [1.165, 1.54) is 24.3 Å². The first-order valence-corrected chi connectivity index (χ1v) is 10.7. The van der Waals surface area contributed by atoms with Crippen LogP contribution >= 0.6 is 11.6 Å². The monoisotopic (exact) mass is 452 g/mol. The van der Waals surface area contributed by atoms with Gasteiger partial charge in [-0.1, -0.05) is 30.7 Å². The molecular weight excluding hydrogens is 431 g/mol. The van der Waals surface area contributed by atoms with Gasteiger partial charge >= 0.3 is 0 Å². The molecule has 1 aliphatic rings. The van der Waals surface area contributed by atoms with Crippen LogP contribution in [0.3, 0.4) is 0 Å². The van der Waals surface area contributed by atoms with Crippen molar-refractivity contribution in [3.8, 4) is 5.75 Å². The first-order chi connectivity index (χ1) is 15.4. The minimum atomic E-state index is -0.580. The van der Waals surface area contributed by atoms with Gasteiger partial charge < -0.3 is 15.0 Å². The van der Waals surface area contributed by atoms with Crippen LogP contribution in [0.5, 0.6) is 5.75 Å². The van der Waals surface area contributed by atoms with Crippen LogP contribution in [-0.2, 0) is 17.9 Å². The average Bonchev–Trinajstić information content (AvgIpc) is 2.92. The number of nitrogens with zero attached hydrogens (tertiary/aromatic N) is 1. The van der Waals surface area contributed by atoms with Gasteiger partial charge in [-0.3, -0.25) is 9.59 Å². The largest absolute Gasteiger partial charge is 0.480 e.